The zero-order chi connectivity index (χ0) is 20.0. The first-order chi connectivity index (χ1) is 12.8. The largest absolute Gasteiger partial charge is 0.372 e. The molecule has 2 N–H and O–H groups in total. The van der Waals surface area contributed by atoms with Crippen LogP contribution in [0, 0.1) is 11.2 Å². The lowest BCUT2D eigenvalue weighted by Gasteiger charge is -2.24. The molecular formula is C21H26FN3O2. The SMILES string of the molecule is CCN(CC)c1ccc(NC(=O)C(C)(C)C(=O)Nc2cccc(F)c2)cc1. The van der Waals surface area contributed by atoms with E-state index in [9.17, 15) is 14.0 Å². The minimum Gasteiger partial charge on any atom is -0.372 e. The number of amides is 2. The number of hydrogen-bond donors (Lipinski definition) is 2. The standard InChI is InChI=1S/C21H26FN3O2/c1-5-25(6-2)18-12-10-16(11-13-18)23-19(26)21(3,4)20(27)24-17-9-7-8-15(22)14-17/h7-14H,5-6H2,1-4H3,(H,23,26)(H,24,27). The maximum Gasteiger partial charge on any atom is 0.239 e. The van der Waals surface area contributed by atoms with Crippen molar-refractivity contribution in [2.45, 2.75) is 27.7 Å². The molecule has 0 saturated carbocycles. The van der Waals surface area contributed by atoms with Gasteiger partial charge in [-0.1, -0.05) is 6.07 Å². The van der Waals surface area contributed by atoms with E-state index in [2.05, 4.69) is 29.4 Å². The van der Waals surface area contributed by atoms with Gasteiger partial charge in [-0.05, 0) is 70.2 Å². The predicted molar refractivity (Wildman–Crippen MR) is 107 cm³/mol. The van der Waals surface area contributed by atoms with Crippen LogP contribution in [0.5, 0.6) is 0 Å². The van der Waals surface area contributed by atoms with Crippen LogP contribution < -0.4 is 15.5 Å². The summed E-state index contributed by atoms with van der Waals surface area (Å²) in [4.78, 5) is 27.3. The van der Waals surface area contributed by atoms with E-state index in [1.807, 2.05) is 24.3 Å². The minimum absolute atomic E-state index is 0.310. The van der Waals surface area contributed by atoms with E-state index in [0.29, 0.717) is 11.4 Å². The van der Waals surface area contributed by atoms with Crippen LogP contribution in [-0.4, -0.2) is 24.9 Å². The third-order valence-corrected chi connectivity index (χ3v) is 4.47. The number of benzene rings is 2. The summed E-state index contributed by atoms with van der Waals surface area (Å²) in [5, 5.41) is 5.35. The topological polar surface area (TPSA) is 61.4 Å². The Morgan fingerprint density at radius 3 is 2.00 bits per heavy atom. The Bertz CT molecular complexity index is 799. The first kappa shape index (κ1) is 20.4. The first-order valence-corrected chi connectivity index (χ1v) is 9.01. The Kier molecular flexibility index (Phi) is 6.55. The summed E-state index contributed by atoms with van der Waals surface area (Å²) in [6, 6.07) is 13.0. The molecule has 0 aliphatic rings. The third-order valence-electron chi connectivity index (χ3n) is 4.47. The predicted octanol–water partition coefficient (Wildman–Crippen LogP) is 4.28. The lowest BCUT2D eigenvalue weighted by atomic mass is 9.90. The quantitative estimate of drug-likeness (QED) is 0.715. The molecule has 2 aromatic carbocycles. The van der Waals surface area contributed by atoms with Gasteiger partial charge in [0.1, 0.15) is 11.2 Å². The molecule has 2 aromatic rings. The van der Waals surface area contributed by atoms with Crippen LogP contribution >= 0.6 is 0 Å². The van der Waals surface area contributed by atoms with Gasteiger partial charge in [0.2, 0.25) is 11.8 Å². The van der Waals surface area contributed by atoms with E-state index in [4.69, 9.17) is 0 Å². The molecule has 5 nitrogen and oxygen atoms in total. The normalized spacial score (nSPS) is 11.0. The first-order valence-electron chi connectivity index (χ1n) is 9.01. The van der Waals surface area contributed by atoms with Gasteiger partial charge in [-0.25, -0.2) is 4.39 Å². The van der Waals surface area contributed by atoms with E-state index in [-0.39, 0.29) is 0 Å². The number of anilines is 3. The molecule has 27 heavy (non-hydrogen) atoms. The highest BCUT2D eigenvalue weighted by atomic mass is 19.1. The zero-order valence-electron chi connectivity index (χ0n) is 16.2. The summed E-state index contributed by atoms with van der Waals surface area (Å²) >= 11 is 0. The molecule has 0 radical (unpaired) electrons. The molecule has 0 spiro atoms. The van der Waals surface area contributed by atoms with E-state index >= 15 is 0 Å². The summed E-state index contributed by atoms with van der Waals surface area (Å²) in [5.41, 5.74) is 0.664. The van der Waals surface area contributed by atoms with Crippen LogP contribution in [0.15, 0.2) is 48.5 Å². The number of hydrogen-bond acceptors (Lipinski definition) is 3. The molecule has 2 amide bonds. The van der Waals surface area contributed by atoms with Crippen LogP contribution in [0.2, 0.25) is 0 Å². The van der Waals surface area contributed by atoms with E-state index in [1.165, 1.54) is 32.0 Å². The van der Waals surface area contributed by atoms with Crippen molar-refractivity contribution in [2.75, 3.05) is 28.6 Å². The van der Waals surface area contributed by atoms with Crippen molar-refractivity contribution in [3.8, 4) is 0 Å². The average Bonchev–Trinajstić information content (AvgIpc) is 2.64. The van der Waals surface area contributed by atoms with Crippen molar-refractivity contribution in [3.05, 3.63) is 54.3 Å². The Morgan fingerprint density at radius 1 is 0.926 bits per heavy atom. The van der Waals surface area contributed by atoms with E-state index in [0.717, 1.165) is 18.8 Å². The lowest BCUT2D eigenvalue weighted by molar-refractivity contribution is -0.135. The van der Waals surface area contributed by atoms with Crippen molar-refractivity contribution >= 4 is 28.9 Å². The number of nitrogens with zero attached hydrogens (tertiary/aromatic N) is 1. The molecule has 0 aliphatic heterocycles. The summed E-state index contributed by atoms with van der Waals surface area (Å²) in [7, 11) is 0. The fourth-order valence-electron chi connectivity index (χ4n) is 2.59. The monoisotopic (exact) mass is 371 g/mol. The van der Waals surface area contributed by atoms with Gasteiger partial charge in [0.05, 0.1) is 0 Å². The molecule has 0 bridgehead atoms. The second kappa shape index (κ2) is 8.66. The molecule has 2 rings (SSSR count). The third kappa shape index (κ3) is 5.06. The van der Waals surface area contributed by atoms with Gasteiger partial charge >= 0.3 is 0 Å². The number of carbonyl (C=O) groups is 2. The fraction of sp³-hybridized carbons (Fsp3) is 0.333. The van der Waals surface area contributed by atoms with Crippen LogP contribution in [-0.2, 0) is 9.59 Å². The second-order valence-electron chi connectivity index (χ2n) is 6.76. The Labute approximate surface area is 159 Å². The maximum atomic E-state index is 13.3. The summed E-state index contributed by atoms with van der Waals surface area (Å²) < 4.78 is 13.3. The molecule has 6 heteroatoms. The summed E-state index contributed by atoms with van der Waals surface area (Å²) in [5.74, 6) is -1.40. The lowest BCUT2D eigenvalue weighted by Crippen LogP contribution is -2.41. The van der Waals surface area contributed by atoms with Gasteiger partial charge in [-0.3, -0.25) is 9.59 Å². The van der Waals surface area contributed by atoms with Crippen molar-refractivity contribution in [3.63, 3.8) is 0 Å². The molecular weight excluding hydrogens is 345 g/mol. The second-order valence-corrected chi connectivity index (χ2v) is 6.76. The van der Waals surface area contributed by atoms with Crippen LogP contribution in [0.3, 0.4) is 0 Å². The molecule has 144 valence electrons. The number of carbonyl (C=O) groups excluding carboxylic acids is 2. The van der Waals surface area contributed by atoms with Crippen molar-refractivity contribution in [1.82, 2.24) is 0 Å². The highest BCUT2D eigenvalue weighted by Crippen LogP contribution is 2.23. The minimum atomic E-state index is -1.33. The van der Waals surface area contributed by atoms with Crippen LogP contribution in [0.1, 0.15) is 27.7 Å². The van der Waals surface area contributed by atoms with Crippen LogP contribution in [0.4, 0.5) is 21.5 Å². The van der Waals surface area contributed by atoms with Crippen LogP contribution in [0.25, 0.3) is 0 Å². The number of rotatable bonds is 7. The van der Waals surface area contributed by atoms with E-state index in [1.54, 1.807) is 6.07 Å². The number of nitrogens with one attached hydrogen (secondary N) is 2. The highest BCUT2D eigenvalue weighted by Gasteiger charge is 2.36. The smallest absolute Gasteiger partial charge is 0.239 e. The summed E-state index contributed by atoms with van der Waals surface area (Å²) in [6.45, 7) is 9.02. The van der Waals surface area contributed by atoms with Gasteiger partial charge in [-0.15, -0.1) is 0 Å². The van der Waals surface area contributed by atoms with Gasteiger partial charge in [0.15, 0.2) is 0 Å². The fourth-order valence-corrected chi connectivity index (χ4v) is 2.59. The Morgan fingerprint density at radius 2 is 1.48 bits per heavy atom. The van der Waals surface area contributed by atoms with Gasteiger partial charge < -0.3 is 15.5 Å². The molecule has 0 aromatic heterocycles. The number of halogens is 1. The Hall–Kier alpha value is -2.89. The molecule has 0 heterocycles. The molecule has 0 unspecified atom stereocenters. The van der Waals surface area contributed by atoms with Crippen molar-refractivity contribution < 1.29 is 14.0 Å². The zero-order valence-corrected chi connectivity index (χ0v) is 16.2. The highest BCUT2D eigenvalue weighted by molar-refractivity contribution is 6.14. The Balaban J connectivity index is 2.05. The van der Waals surface area contributed by atoms with E-state index < -0.39 is 23.0 Å². The van der Waals surface area contributed by atoms with Gasteiger partial charge in [0.25, 0.3) is 0 Å². The molecule has 0 aliphatic carbocycles. The van der Waals surface area contributed by atoms with Gasteiger partial charge in [0, 0.05) is 30.2 Å². The maximum absolute atomic E-state index is 13.3. The van der Waals surface area contributed by atoms with Crippen molar-refractivity contribution in [1.29, 1.82) is 0 Å². The van der Waals surface area contributed by atoms with Crippen molar-refractivity contribution in [2.24, 2.45) is 5.41 Å². The summed E-state index contributed by atoms with van der Waals surface area (Å²) in [6.07, 6.45) is 0. The average molecular weight is 371 g/mol. The molecule has 0 fully saturated rings. The molecule has 0 saturated heterocycles. The van der Waals surface area contributed by atoms with Gasteiger partial charge in [-0.2, -0.15) is 0 Å². The molecule has 0 atom stereocenters.